The van der Waals surface area contributed by atoms with Crippen LogP contribution in [0, 0.1) is 0 Å². The third-order valence-corrected chi connectivity index (χ3v) is 5.45. The van der Waals surface area contributed by atoms with E-state index >= 15 is 0 Å². The molecule has 0 spiro atoms. The van der Waals surface area contributed by atoms with Crippen LogP contribution in [0.4, 0.5) is 27.8 Å². The third kappa shape index (κ3) is 8.20. The SMILES string of the molecule is FC(F)CCc1cccc(C(F)(F)F)c1.c1cc(NSc2ccc3c(c2)OCCC3)ncn1. The molecule has 1 N–H and O–H groups in total. The predicted molar refractivity (Wildman–Crippen MR) is 118 cm³/mol. The van der Waals surface area contributed by atoms with Gasteiger partial charge in [-0.15, -0.1) is 0 Å². The highest BCUT2D eigenvalue weighted by Crippen LogP contribution is 2.31. The molecule has 2 aromatic carbocycles. The molecule has 4 nitrogen and oxygen atoms in total. The van der Waals surface area contributed by atoms with E-state index in [2.05, 4.69) is 32.9 Å². The Morgan fingerprint density at radius 2 is 1.94 bits per heavy atom. The zero-order valence-corrected chi connectivity index (χ0v) is 18.3. The van der Waals surface area contributed by atoms with Gasteiger partial charge in [-0.1, -0.05) is 24.3 Å². The zero-order chi connectivity index (χ0) is 23.7. The summed E-state index contributed by atoms with van der Waals surface area (Å²) in [6.45, 7) is 0.820. The van der Waals surface area contributed by atoms with E-state index in [-0.39, 0.29) is 12.0 Å². The quantitative estimate of drug-likeness (QED) is 0.308. The summed E-state index contributed by atoms with van der Waals surface area (Å²) in [5.41, 5.74) is 0.784. The van der Waals surface area contributed by atoms with Crippen molar-refractivity contribution < 1.29 is 26.7 Å². The first-order chi connectivity index (χ1) is 15.8. The molecule has 0 radical (unpaired) electrons. The summed E-state index contributed by atoms with van der Waals surface area (Å²) in [6, 6.07) is 12.6. The molecule has 4 rings (SSSR count). The number of ether oxygens (including phenoxy) is 1. The molecule has 0 unspecified atom stereocenters. The largest absolute Gasteiger partial charge is 0.493 e. The number of aryl methyl sites for hydroxylation is 2. The van der Waals surface area contributed by atoms with Crippen molar-refractivity contribution in [3.05, 3.63) is 77.7 Å². The topological polar surface area (TPSA) is 47.0 Å². The number of benzene rings is 2. The summed E-state index contributed by atoms with van der Waals surface area (Å²) in [4.78, 5) is 9.10. The molecule has 0 fully saturated rings. The molecule has 0 atom stereocenters. The van der Waals surface area contributed by atoms with Crippen molar-refractivity contribution in [2.45, 2.75) is 43.2 Å². The Kier molecular flexibility index (Phi) is 8.87. The second-order valence-corrected chi connectivity index (χ2v) is 8.03. The number of alkyl halides is 5. The van der Waals surface area contributed by atoms with Gasteiger partial charge in [0.05, 0.1) is 12.2 Å². The molecular formula is C23H22F5N3OS. The molecule has 0 amide bonds. The lowest BCUT2D eigenvalue weighted by molar-refractivity contribution is -0.137. The van der Waals surface area contributed by atoms with Gasteiger partial charge in [0.15, 0.2) is 0 Å². The van der Waals surface area contributed by atoms with E-state index in [1.165, 1.54) is 36.0 Å². The maximum Gasteiger partial charge on any atom is 0.416 e. The van der Waals surface area contributed by atoms with E-state index in [9.17, 15) is 22.0 Å². The van der Waals surface area contributed by atoms with Crippen LogP contribution in [0.25, 0.3) is 0 Å². The van der Waals surface area contributed by atoms with Crippen molar-refractivity contribution in [3.63, 3.8) is 0 Å². The molecular weight excluding hydrogens is 461 g/mol. The Morgan fingerprint density at radius 3 is 2.67 bits per heavy atom. The van der Waals surface area contributed by atoms with Crippen molar-refractivity contribution >= 4 is 17.8 Å². The van der Waals surface area contributed by atoms with Gasteiger partial charge in [0.25, 0.3) is 0 Å². The summed E-state index contributed by atoms with van der Waals surface area (Å²) in [5.74, 6) is 1.81. The van der Waals surface area contributed by atoms with Gasteiger partial charge in [0.1, 0.15) is 17.9 Å². The summed E-state index contributed by atoms with van der Waals surface area (Å²) >= 11 is 1.53. The fraction of sp³-hybridized carbons (Fsp3) is 0.304. The number of hydrogen-bond donors (Lipinski definition) is 1. The van der Waals surface area contributed by atoms with E-state index in [0.29, 0.717) is 0 Å². The molecule has 1 aliphatic rings. The van der Waals surface area contributed by atoms with Gasteiger partial charge in [-0.25, -0.2) is 18.7 Å². The molecule has 0 saturated carbocycles. The number of fused-ring (bicyclic) bond motifs is 1. The number of anilines is 1. The van der Waals surface area contributed by atoms with Crippen LogP contribution in [0.1, 0.15) is 29.5 Å². The fourth-order valence-electron chi connectivity index (χ4n) is 3.03. The van der Waals surface area contributed by atoms with Gasteiger partial charge in [-0.05, 0) is 66.6 Å². The van der Waals surface area contributed by atoms with Crippen LogP contribution in [-0.4, -0.2) is 23.0 Å². The lowest BCUT2D eigenvalue weighted by atomic mass is 10.1. The highest BCUT2D eigenvalue weighted by Gasteiger charge is 2.30. The average Bonchev–Trinajstić information content (AvgIpc) is 2.82. The monoisotopic (exact) mass is 483 g/mol. The molecule has 0 aliphatic carbocycles. The minimum absolute atomic E-state index is 0.0401. The highest BCUT2D eigenvalue weighted by molar-refractivity contribution is 8.00. The molecule has 1 aromatic heterocycles. The second-order valence-electron chi connectivity index (χ2n) is 7.15. The summed E-state index contributed by atoms with van der Waals surface area (Å²) in [7, 11) is 0. The van der Waals surface area contributed by atoms with Gasteiger partial charge in [-0.3, -0.25) is 0 Å². The van der Waals surface area contributed by atoms with Crippen molar-refractivity contribution in [2.24, 2.45) is 0 Å². The van der Waals surface area contributed by atoms with E-state index in [0.717, 1.165) is 48.0 Å². The molecule has 10 heteroatoms. The molecule has 1 aliphatic heterocycles. The van der Waals surface area contributed by atoms with Crippen molar-refractivity contribution in [1.82, 2.24) is 9.97 Å². The van der Waals surface area contributed by atoms with E-state index in [4.69, 9.17) is 4.74 Å². The minimum Gasteiger partial charge on any atom is -0.493 e. The van der Waals surface area contributed by atoms with Crippen LogP contribution in [0.2, 0.25) is 0 Å². The third-order valence-electron chi connectivity index (χ3n) is 4.65. The minimum atomic E-state index is -4.42. The average molecular weight is 484 g/mol. The number of hydrogen-bond acceptors (Lipinski definition) is 5. The number of aromatic nitrogens is 2. The van der Waals surface area contributed by atoms with E-state index in [1.807, 2.05) is 6.07 Å². The van der Waals surface area contributed by atoms with Crippen LogP contribution in [0.15, 0.2) is 66.0 Å². The van der Waals surface area contributed by atoms with Crippen molar-refractivity contribution in [3.8, 4) is 5.75 Å². The Labute approximate surface area is 192 Å². The molecule has 3 aromatic rings. The second kappa shape index (κ2) is 11.8. The van der Waals surface area contributed by atoms with E-state index < -0.39 is 24.6 Å². The van der Waals surface area contributed by atoms with Gasteiger partial charge in [0, 0.05) is 17.5 Å². The summed E-state index contributed by atoms with van der Waals surface area (Å²) < 4.78 is 69.1. The normalized spacial score (nSPS) is 12.9. The van der Waals surface area contributed by atoms with Crippen LogP contribution >= 0.6 is 11.9 Å². The van der Waals surface area contributed by atoms with Crippen LogP contribution < -0.4 is 9.46 Å². The Morgan fingerprint density at radius 1 is 1.09 bits per heavy atom. The maximum absolute atomic E-state index is 12.2. The molecule has 2 heterocycles. The number of halogens is 5. The first kappa shape index (κ1) is 24.8. The van der Waals surface area contributed by atoms with Crippen LogP contribution in [0.5, 0.6) is 5.75 Å². The van der Waals surface area contributed by atoms with Gasteiger partial charge in [-0.2, -0.15) is 13.2 Å². The van der Waals surface area contributed by atoms with Gasteiger partial charge < -0.3 is 9.46 Å². The van der Waals surface area contributed by atoms with Gasteiger partial charge >= 0.3 is 6.18 Å². The van der Waals surface area contributed by atoms with Crippen LogP contribution in [-0.2, 0) is 19.0 Å². The lowest BCUT2D eigenvalue weighted by Gasteiger charge is -2.17. The number of nitrogens with zero attached hydrogens (tertiary/aromatic N) is 2. The lowest BCUT2D eigenvalue weighted by Crippen LogP contribution is -2.08. The standard InChI is InChI=1S/C13H13N3OS.C10H9F5/c1-2-10-3-4-11(8-12(10)17-7-1)18-16-13-5-6-14-9-15-13;11-9(12)5-4-7-2-1-3-8(6-7)10(13,14)15/h3-6,8-9H,1-2,7H2,(H,14,15,16);1-3,6,9H,4-5H2. The highest BCUT2D eigenvalue weighted by atomic mass is 32.2. The molecule has 0 saturated heterocycles. The predicted octanol–water partition coefficient (Wildman–Crippen LogP) is 6.82. The van der Waals surface area contributed by atoms with Gasteiger partial charge in [0.2, 0.25) is 6.43 Å². The first-order valence-corrected chi connectivity index (χ1v) is 11.0. The van der Waals surface area contributed by atoms with Crippen molar-refractivity contribution in [2.75, 3.05) is 11.3 Å². The first-order valence-electron chi connectivity index (χ1n) is 10.2. The fourth-order valence-corrected chi connectivity index (χ4v) is 3.67. The maximum atomic E-state index is 12.2. The zero-order valence-electron chi connectivity index (χ0n) is 17.5. The Bertz CT molecular complexity index is 1020. The smallest absolute Gasteiger partial charge is 0.416 e. The van der Waals surface area contributed by atoms with Crippen LogP contribution in [0.3, 0.4) is 0 Å². The Hall–Kier alpha value is -2.88. The van der Waals surface area contributed by atoms with E-state index in [1.54, 1.807) is 6.20 Å². The Balaban J connectivity index is 0.000000190. The number of nitrogens with one attached hydrogen (secondary N) is 1. The molecule has 0 bridgehead atoms. The number of rotatable bonds is 6. The summed E-state index contributed by atoms with van der Waals surface area (Å²) in [5, 5.41) is 0. The molecule has 176 valence electrons. The van der Waals surface area contributed by atoms with Crippen molar-refractivity contribution in [1.29, 1.82) is 0 Å². The molecule has 33 heavy (non-hydrogen) atoms. The summed E-state index contributed by atoms with van der Waals surface area (Å²) in [6.07, 6.45) is -1.90.